The Hall–Kier alpha value is -3.87. The fourth-order valence-corrected chi connectivity index (χ4v) is 3.21. The zero-order chi connectivity index (χ0) is 22.0. The SMILES string of the molecule is Cc1ccccc1-c1nnc(-c2ccc(C(=O)N(C)Cc3ccc(F)cc3F)cc2)o1. The van der Waals surface area contributed by atoms with Crippen molar-refractivity contribution in [2.24, 2.45) is 0 Å². The molecule has 31 heavy (non-hydrogen) atoms. The number of benzene rings is 3. The molecular weight excluding hydrogens is 400 g/mol. The van der Waals surface area contributed by atoms with Crippen LogP contribution in [0.2, 0.25) is 0 Å². The van der Waals surface area contributed by atoms with Gasteiger partial charge in [-0.2, -0.15) is 0 Å². The molecule has 0 saturated carbocycles. The lowest BCUT2D eigenvalue weighted by atomic mass is 10.1. The predicted molar refractivity (Wildman–Crippen MR) is 112 cm³/mol. The summed E-state index contributed by atoms with van der Waals surface area (Å²) in [5, 5.41) is 8.22. The van der Waals surface area contributed by atoms with Crippen LogP contribution >= 0.6 is 0 Å². The number of aryl methyl sites for hydroxylation is 1. The number of hydrogen-bond donors (Lipinski definition) is 0. The molecule has 5 nitrogen and oxygen atoms in total. The molecule has 0 N–H and O–H groups in total. The van der Waals surface area contributed by atoms with Crippen molar-refractivity contribution in [3.05, 3.63) is 95.1 Å². The van der Waals surface area contributed by atoms with Crippen molar-refractivity contribution in [3.8, 4) is 22.9 Å². The maximum Gasteiger partial charge on any atom is 0.253 e. The highest BCUT2D eigenvalue weighted by Crippen LogP contribution is 2.26. The molecule has 0 aliphatic rings. The van der Waals surface area contributed by atoms with Gasteiger partial charge in [-0.1, -0.05) is 24.3 Å². The number of halogens is 2. The maximum atomic E-state index is 13.9. The third-order valence-corrected chi connectivity index (χ3v) is 4.95. The molecule has 1 aromatic heterocycles. The van der Waals surface area contributed by atoms with Crippen LogP contribution in [0.25, 0.3) is 22.9 Å². The first-order chi connectivity index (χ1) is 14.9. The quantitative estimate of drug-likeness (QED) is 0.443. The van der Waals surface area contributed by atoms with Gasteiger partial charge in [-0.15, -0.1) is 10.2 Å². The van der Waals surface area contributed by atoms with Crippen molar-refractivity contribution in [2.75, 3.05) is 7.05 Å². The van der Waals surface area contributed by atoms with Crippen molar-refractivity contribution in [2.45, 2.75) is 13.5 Å². The van der Waals surface area contributed by atoms with E-state index in [2.05, 4.69) is 10.2 Å². The second kappa shape index (κ2) is 8.47. The Morgan fingerprint density at radius 1 is 0.968 bits per heavy atom. The van der Waals surface area contributed by atoms with Crippen LogP contribution in [-0.2, 0) is 6.54 Å². The minimum absolute atomic E-state index is 0.0240. The first-order valence-corrected chi connectivity index (χ1v) is 9.61. The van der Waals surface area contributed by atoms with E-state index < -0.39 is 11.6 Å². The third kappa shape index (κ3) is 4.35. The highest BCUT2D eigenvalue weighted by atomic mass is 19.1. The van der Waals surface area contributed by atoms with Gasteiger partial charge in [-0.05, 0) is 48.9 Å². The number of aromatic nitrogens is 2. The molecule has 0 bridgehead atoms. The Morgan fingerprint density at radius 3 is 2.39 bits per heavy atom. The predicted octanol–water partition coefficient (Wildman–Crippen LogP) is 5.26. The molecule has 0 radical (unpaired) electrons. The van der Waals surface area contributed by atoms with E-state index in [9.17, 15) is 13.6 Å². The Bertz CT molecular complexity index is 1240. The minimum Gasteiger partial charge on any atom is -0.416 e. The largest absolute Gasteiger partial charge is 0.416 e. The Balaban J connectivity index is 1.49. The second-order valence-electron chi connectivity index (χ2n) is 7.20. The van der Waals surface area contributed by atoms with Gasteiger partial charge in [-0.3, -0.25) is 4.79 Å². The summed E-state index contributed by atoms with van der Waals surface area (Å²) in [6, 6.07) is 17.7. The number of hydrogen-bond acceptors (Lipinski definition) is 4. The monoisotopic (exact) mass is 419 g/mol. The van der Waals surface area contributed by atoms with Gasteiger partial charge in [-0.25, -0.2) is 8.78 Å². The lowest BCUT2D eigenvalue weighted by Gasteiger charge is -2.18. The van der Waals surface area contributed by atoms with Crippen LogP contribution in [0.4, 0.5) is 8.78 Å². The number of amides is 1. The number of rotatable bonds is 5. The summed E-state index contributed by atoms with van der Waals surface area (Å²) < 4.78 is 32.7. The highest BCUT2D eigenvalue weighted by Gasteiger charge is 2.16. The van der Waals surface area contributed by atoms with Crippen LogP contribution in [-0.4, -0.2) is 28.1 Å². The Labute approximate surface area is 178 Å². The molecule has 7 heteroatoms. The van der Waals surface area contributed by atoms with Crippen LogP contribution in [0, 0.1) is 18.6 Å². The van der Waals surface area contributed by atoms with Crippen molar-refractivity contribution in [3.63, 3.8) is 0 Å². The summed E-state index contributed by atoms with van der Waals surface area (Å²) in [5.74, 6) is -0.858. The summed E-state index contributed by atoms with van der Waals surface area (Å²) in [6.07, 6.45) is 0. The van der Waals surface area contributed by atoms with E-state index in [1.54, 1.807) is 31.3 Å². The molecule has 156 valence electrons. The van der Waals surface area contributed by atoms with Gasteiger partial charge in [0.1, 0.15) is 11.6 Å². The molecule has 4 aromatic rings. The molecule has 0 spiro atoms. The molecule has 1 heterocycles. The van der Waals surface area contributed by atoms with Gasteiger partial charge in [0.25, 0.3) is 5.91 Å². The highest BCUT2D eigenvalue weighted by molar-refractivity contribution is 5.94. The number of carbonyl (C=O) groups is 1. The Morgan fingerprint density at radius 2 is 1.68 bits per heavy atom. The molecule has 0 atom stereocenters. The fourth-order valence-electron chi connectivity index (χ4n) is 3.21. The van der Waals surface area contributed by atoms with Gasteiger partial charge in [0.2, 0.25) is 11.8 Å². The molecule has 1 amide bonds. The molecule has 0 unspecified atom stereocenters. The normalized spacial score (nSPS) is 10.8. The fraction of sp³-hybridized carbons (Fsp3) is 0.125. The van der Waals surface area contributed by atoms with Crippen molar-refractivity contribution >= 4 is 5.91 Å². The molecule has 0 aliphatic carbocycles. The average molecular weight is 419 g/mol. The second-order valence-corrected chi connectivity index (χ2v) is 7.20. The first kappa shape index (κ1) is 20.4. The third-order valence-electron chi connectivity index (χ3n) is 4.95. The molecule has 4 rings (SSSR count). The van der Waals surface area contributed by atoms with Crippen molar-refractivity contribution in [1.29, 1.82) is 0 Å². The zero-order valence-corrected chi connectivity index (χ0v) is 17.0. The molecule has 3 aromatic carbocycles. The first-order valence-electron chi connectivity index (χ1n) is 9.61. The van der Waals surface area contributed by atoms with Crippen LogP contribution < -0.4 is 0 Å². The van der Waals surface area contributed by atoms with Gasteiger partial charge >= 0.3 is 0 Å². The van der Waals surface area contributed by atoms with Gasteiger partial charge in [0.05, 0.1) is 0 Å². The van der Waals surface area contributed by atoms with E-state index in [1.165, 1.54) is 17.0 Å². The van der Waals surface area contributed by atoms with Gasteiger partial charge in [0.15, 0.2) is 0 Å². The standard InChI is InChI=1S/C24H19F2N3O2/c1-15-5-3-4-6-20(15)23-28-27-22(31-23)16-7-9-17(10-8-16)24(30)29(2)14-18-11-12-19(25)13-21(18)26/h3-13H,14H2,1-2H3. The lowest BCUT2D eigenvalue weighted by Crippen LogP contribution is -2.26. The topological polar surface area (TPSA) is 59.2 Å². The summed E-state index contributed by atoms with van der Waals surface area (Å²) in [5.41, 5.74) is 3.23. The van der Waals surface area contributed by atoms with Crippen LogP contribution in [0.1, 0.15) is 21.5 Å². The smallest absolute Gasteiger partial charge is 0.253 e. The molecule has 0 fully saturated rings. The zero-order valence-electron chi connectivity index (χ0n) is 17.0. The van der Waals surface area contributed by atoms with E-state index in [0.717, 1.165) is 17.2 Å². The van der Waals surface area contributed by atoms with E-state index >= 15 is 0 Å². The molecule has 0 saturated heterocycles. The van der Waals surface area contributed by atoms with E-state index in [0.29, 0.717) is 22.9 Å². The summed E-state index contributed by atoms with van der Waals surface area (Å²) >= 11 is 0. The van der Waals surface area contributed by atoms with E-state index in [-0.39, 0.29) is 18.0 Å². The van der Waals surface area contributed by atoms with Crippen LogP contribution in [0.5, 0.6) is 0 Å². The molecular formula is C24H19F2N3O2. The Kier molecular flexibility index (Phi) is 5.58. The van der Waals surface area contributed by atoms with Crippen molar-refractivity contribution < 1.29 is 18.0 Å². The maximum absolute atomic E-state index is 13.9. The number of carbonyl (C=O) groups excluding carboxylic acids is 1. The summed E-state index contributed by atoms with van der Waals surface area (Å²) in [6.45, 7) is 1.99. The van der Waals surface area contributed by atoms with Crippen LogP contribution in [0.3, 0.4) is 0 Å². The van der Waals surface area contributed by atoms with Gasteiger partial charge in [0, 0.05) is 41.9 Å². The summed E-state index contributed by atoms with van der Waals surface area (Å²) in [4.78, 5) is 14.0. The number of nitrogens with zero attached hydrogens (tertiary/aromatic N) is 3. The van der Waals surface area contributed by atoms with Crippen LogP contribution in [0.15, 0.2) is 71.1 Å². The van der Waals surface area contributed by atoms with E-state index in [4.69, 9.17) is 4.42 Å². The lowest BCUT2D eigenvalue weighted by molar-refractivity contribution is 0.0784. The molecule has 0 aliphatic heterocycles. The average Bonchev–Trinajstić information content (AvgIpc) is 3.25. The summed E-state index contributed by atoms with van der Waals surface area (Å²) in [7, 11) is 1.56. The van der Waals surface area contributed by atoms with Gasteiger partial charge < -0.3 is 9.32 Å². The van der Waals surface area contributed by atoms with Crippen molar-refractivity contribution in [1.82, 2.24) is 15.1 Å². The van der Waals surface area contributed by atoms with E-state index in [1.807, 2.05) is 31.2 Å². The minimum atomic E-state index is -0.684.